The van der Waals surface area contributed by atoms with Gasteiger partial charge in [0.1, 0.15) is 4.90 Å². The van der Waals surface area contributed by atoms with Gasteiger partial charge < -0.3 is 9.84 Å². The third-order valence-corrected chi connectivity index (χ3v) is 4.59. The van der Waals surface area contributed by atoms with Crippen molar-refractivity contribution in [2.75, 3.05) is 13.2 Å². The molecule has 1 heterocycles. The van der Waals surface area contributed by atoms with Crippen LogP contribution in [-0.2, 0) is 14.8 Å². The average Bonchev–Trinajstić information content (AvgIpc) is 2.41. The van der Waals surface area contributed by atoms with Crippen LogP contribution < -0.4 is 4.72 Å². The molecule has 9 heteroatoms. The van der Waals surface area contributed by atoms with Gasteiger partial charge in [-0.1, -0.05) is 0 Å². The molecule has 1 aromatic carbocycles. The Bertz CT molecular complexity index is 656. The fourth-order valence-electron chi connectivity index (χ4n) is 1.98. The molecule has 2 N–H and O–H groups in total. The number of halogens is 2. The molecule has 0 unspecified atom stereocenters. The van der Waals surface area contributed by atoms with Crippen LogP contribution in [0.2, 0.25) is 0 Å². The highest BCUT2D eigenvalue weighted by Crippen LogP contribution is 2.21. The molecule has 0 atom stereocenters. The third kappa shape index (κ3) is 3.55. The smallest absolute Gasteiger partial charge is 0.335 e. The minimum Gasteiger partial charge on any atom is -0.478 e. The van der Waals surface area contributed by atoms with Crippen LogP contribution >= 0.6 is 0 Å². The second-order valence-electron chi connectivity index (χ2n) is 4.58. The Balaban J connectivity index is 2.36. The van der Waals surface area contributed by atoms with Gasteiger partial charge in [0.05, 0.1) is 5.56 Å². The lowest BCUT2D eigenvalue weighted by atomic mass is 10.1. The lowest BCUT2D eigenvalue weighted by Crippen LogP contribution is -2.39. The van der Waals surface area contributed by atoms with E-state index >= 15 is 0 Å². The highest BCUT2D eigenvalue weighted by Gasteiger charge is 2.27. The summed E-state index contributed by atoms with van der Waals surface area (Å²) in [6, 6.07) is 0.577. The normalized spacial score (nSPS) is 16.9. The Morgan fingerprint density at radius 3 is 2.48 bits per heavy atom. The number of carboxylic acids is 1. The largest absolute Gasteiger partial charge is 0.478 e. The van der Waals surface area contributed by atoms with Gasteiger partial charge in [-0.2, -0.15) is 0 Å². The topological polar surface area (TPSA) is 92.7 Å². The number of benzene rings is 1. The Hall–Kier alpha value is -1.58. The fourth-order valence-corrected chi connectivity index (χ4v) is 3.40. The molecule has 0 amide bonds. The Kier molecular flexibility index (Phi) is 4.55. The molecular weight excluding hydrogens is 308 g/mol. The fraction of sp³-hybridized carbons (Fsp3) is 0.417. The minimum atomic E-state index is -4.35. The Labute approximate surface area is 119 Å². The van der Waals surface area contributed by atoms with E-state index in [9.17, 15) is 22.0 Å². The highest BCUT2D eigenvalue weighted by atomic mass is 32.2. The van der Waals surface area contributed by atoms with Crippen LogP contribution in [0.5, 0.6) is 0 Å². The van der Waals surface area contributed by atoms with E-state index in [1.807, 2.05) is 0 Å². The van der Waals surface area contributed by atoms with E-state index in [4.69, 9.17) is 9.84 Å². The molecule has 116 valence electrons. The van der Waals surface area contributed by atoms with Gasteiger partial charge in [-0.3, -0.25) is 0 Å². The maximum Gasteiger partial charge on any atom is 0.335 e. The van der Waals surface area contributed by atoms with Gasteiger partial charge in [-0.25, -0.2) is 26.7 Å². The van der Waals surface area contributed by atoms with Gasteiger partial charge in [0.25, 0.3) is 0 Å². The molecule has 0 aliphatic carbocycles. The number of ether oxygens (including phenoxy) is 1. The monoisotopic (exact) mass is 321 g/mol. The van der Waals surface area contributed by atoms with Crippen molar-refractivity contribution >= 4 is 16.0 Å². The summed E-state index contributed by atoms with van der Waals surface area (Å²) in [5.41, 5.74) is -0.638. The number of carboxylic acid groups (broad SMARTS) is 1. The number of rotatable bonds is 4. The summed E-state index contributed by atoms with van der Waals surface area (Å²) >= 11 is 0. The molecule has 1 fully saturated rings. The second kappa shape index (κ2) is 6.04. The Morgan fingerprint density at radius 2 is 1.90 bits per heavy atom. The maximum absolute atomic E-state index is 13.7. The maximum atomic E-state index is 13.7. The summed E-state index contributed by atoms with van der Waals surface area (Å²) in [7, 11) is -4.35. The molecule has 1 aromatic rings. The lowest BCUT2D eigenvalue weighted by Gasteiger charge is -2.23. The van der Waals surface area contributed by atoms with Crippen molar-refractivity contribution in [3.63, 3.8) is 0 Å². The molecule has 0 saturated carbocycles. The van der Waals surface area contributed by atoms with Crippen LogP contribution in [0, 0.1) is 11.6 Å². The second-order valence-corrected chi connectivity index (χ2v) is 6.27. The van der Waals surface area contributed by atoms with Crippen LogP contribution in [0.3, 0.4) is 0 Å². The van der Waals surface area contributed by atoms with Crippen LogP contribution in [0.15, 0.2) is 17.0 Å². The molecule has 0 bridgehead atoms. The van der Waals surface area contributed by atoms with E-state index in [0.717, 1.165) is 0 Å². The van der Waals surface area contributed by atoms with Crippen molar-refractivity contribution in [1.29, 1.82) is 0 Å². The molecule has 21 heavy (non-hydrogen) atoms. The summed E-state index contributed by atoms with van der Waals surface area (Å²) in [6.45, 7) is 0.721. The molecule has 0 spiro atoms. The number of sulfonamides is 1. The third-order valence-electron chi connectivity index (χ3n) is 3.07. The first-order valence-corrected chi connectivity index (χ1v) is 7.62. The van der Waals surface area contributed by atoms with Crippen molar-refractivity contribution in [3.8, 4) is 0 Å². The van der Waals surface area contributed by atoms with E-state index in [0.29, 0.717) is 38.2 Å². The quantitative estimate of drug-likeness (QED) is 0.867. The summed E-state index contributed by atoms with van der Waals surface area (Å²) < 4.78 is 58.5. The van der Waals surface area contributed by atoms with E-state index < -0.39 is 44.1 Å². The van der Waals surface area contributed by atoms with E-state index in [1.54, 1.807) is 0 Å². The zero-order chi connectivity index (χ0) is 15.6. The van der Waals surface area contributed by atoms with E-state index in [1.165, 1.54) is 0 Å². The molecule has 1 aliphatic heterocycles. The zero-order valence-corrected chi connectivity index (χ0v) is 11.6. The molecule has 0 radical (unpaired) electrons. The van der Waals surface area contributed by atoms with Crippen LogP contribution in [0.25, 0.3) is 0 Å². The first kappa shape index (κ1) is 15.8. The predicted molar refractivity (Wildman–Crippen MR) is 67.5 cm³/mol. The zero-order valence-electron chi connectivity index (χ0n) is 10.8. The van der Waals surface area contributed by atoms with Gasteiger partial charge >= 0.3 is 5.97 Å². The first-order chi connectivity index (χ1) is 9.81. The van der Waals surface area contributed by atoms with Crippen molar-refractivity contribution in [2.24, 2.45) is 0 Å². The summed E-state index contributed by atoms with van der Waals surface area (Å²) in [4.78, 5) is 9.80. The first-order valence-electron chi connectivity index (χ1n) is 6.13. The van der Waals surface area contributed by atoms with Gasteiger partial charge in [0.15, 0.2) is 11.6 Å². The molecular formula is C12H13F2NO5S. The minimum absolute atomic E-state index is 0.360. The van der Waals surface area contributed by atoms with Crippen molar-refractivity contribution in [1.82, 2.24) is 4.72 Å². The lowest BCUT2D eigenvalue weighted by molar-refractivity contribution is 0.0696. The standard InChI is InChI=1S/C12H13F2NO5S/c13-9-5-7(12(16)17)6-10(11(9)14)21(18,19)15-8-1-3-20-4-2-8/h5-6,8,15H,1-4H2,(H,16,17). The number of hydrogen-bond acceptors (Lipinski definition) is 4. The number of carbonyl (C=O) groups is 1. The average molecular weight is 321 g/mol. The van der Waals surface area contributed by atoms with Gasteiger partial charge in [-0.05, 0) is 25.0 Å². The Morgan fingerprint density at radius 1 is 1.29 bits per heavy atom. The van der Waals surface area contributed by atoms with Crippen LogP contribution in [-0.4, -0.2) is 38.7 Å². The molecule has 1 aliphatic rings. The summed E-state index contributed by atoms with van der Waals surface area (Å²) in [6.07, 6.45) is 0.809. The van der Waals surface area contributed by atoms with Gasteiger partial charge in [0.2, 0.25) is 10.0 Å². The van der Waals surface area contributed by atoms with Crippen LogP contribution in [0.1, 0.15) is 23.2 Å². The number of nitrogens with one attached hydrogen (secondary N) is 1. The predicted octanol–water partition coefficient (Wildman–Crippen LogP) is 1.12. The molecule has 2 rings (SSSR count). The van der Waals surface area contributed by atoms with Gasteiger partial charge in [-0.15, -0.1) is 0 Å². The SMILES string of the molecule is O=C(O)c1cc(F)c(F)c(S(=O)(=O)NC2CCOCC2)c1. The van der Waals surface area contributed by atoms with E-state index in [2.05, 4.69) is 4.72 Å². The van der Waals surface area contributed by atoms with E-state index in [-0.39, 0.29) is 0 Å². The molecule has 0 aromatic heterocycles. The van der Waals surface area contributed by atoms with Crippen molar-refractivity contribution < 1.29 is 31.8 Å². The van der Waals surface area contributed by atoms with Crippen molar-refractivity contribution in [2.45, 2.75) is 23.8 Å². The molecule has 1 saturated heterocycles. The number of hydrogen-bond donors (Lipinski definition) is 2. The van der Waals surface area contributed by atoms with Crippen LogP contribution in [0.4, 0.5) is 8.78 Å². The van der Waals surface area contributed by atoms with Gasteiger partial charge in [0, 0.05) is 19.3 Å². The summed E-state index contributed by atoms with van der Waals surface area (Å²) in [5, 5.41) is 8.79. The molecule has 6 nitrogen and oxygen atoms in total. The highest BCUT2D eigenvalue weighted by molar-refractivity contribution is 7.89. The number of aromatic carboxylic acids is 1. The van der Waals surface area contributed by atoms with Crippen molar-refractivity contribution in [3.05, 3.63) is 29.3 Å². The summed E-state index contributed by atoms with van der Waals surface area (Å²) in [5.74, 6) is -4.67.